The number of imidazole rings is 1. The van der Waals surface area contributed by atoms with Crippen LogP contribution in [0.5, 0.6) is 0 Å². The molecule has 3 atom stereocenters. The second-order valence-corrected chi connectivity index (χ2v) is 8.30. The quantitative estimate of drug-likeness (QED) is 0.542. The molecule has 2 amide bonds. The van der Waals surface area contributed by atoms with E-state index < -0.39 is 0 Å². The molecule has 2 heterocycles. The van der Waals surface area contributed by atoms with E-state index in [1.807, 2.05) is 40.7 Å². The van der Waals surface area contributed by atoms with Gasteiger partial charge in [-0.2, -0.15) is 0 Å². The maximum absolute atomic E-state index is 13.5. The number of para-hydroxylation sites is 2. The zero-order valence-corrected chi connectivity index (χ0v) is 19.6. The number of fused-ring (bicyclic) bond motifs is 1. The smallest absolute Gasteiger partial charge is 0.253 e. The highest BCUT2D eigenvalue weighted by Gasteiger charge is 2.26. The molecule has 3 unspecified atom stereocenters. The molecule has 32 heavy (non-hydrogen) atoms. The van der Waals surface area contributed by atoms with Crippen molar-refractivity contribution >= 4 is 22.8 Å². The van der Waals surface area contributed by atoms with Crippen molar-refractivity contribution in [2.24, 2.45) is 0 Å². The average Bonchev–Trinajstić information content (AvgIpc) is 3.17. The van der Waals surface area contributed by atoms with Crippen LogP contribution in [0.25, 0.3) is 11.0 Å². The van der Waals surface area contributed by atoms with Crippen LogP contribution >= 0.6 is 0 Å². The van der Waals surface area contributed by atoms with Crippen molar-refractivity contribution in [3.05, 3.63) is 60.2 Å². The van der Waals surface area contributed by atoms with E-state index in [9.17, 15) is 9.59 Å². The summed E-state index contributed by atoms with van der Waals surface area (Å²) in [5, 5.41) is 3.00. The predicted molar refractivity (Wildman–Crippen MR) is 126 cm³/mol. The SMILES string of the molecule is CCC(C)N(C(=O)Cn1c(C(C)NC(=O)c2cccnc2)nc2ccccc21)C(C)CC. The zero-order chi connectivity index (χ0) is 23.3. The minimum absolute atomic E-state index is 0.0592. The molecule has 7 nitrogen and oxygen atoms in total. The summed E-state index contributed by atoms with van der Waals surface area (Å²) >= 11 is 0. The van der Waals surface area contributed by atoms with Gasteiger partial charge in [0.2, 0.25) is 5.91 Å². The van der Waals surface area contributed by atoms with Crippen molar-refractivity contribution in [3.63, 3.8) is 0 Å². The fraction of sp³-hybridized carbons (Fsp3) is 0.440. The van der Waals surface area contributed by atoms with Gasteiger partial charge in [0.05, 0.1) is 22.6 Å². The lowest BCUT2D eigenvalue weighted by atomic mass is 10.1. The lowest BCUT2D eigenvalue weighted by molar-refractivity contribution is -0.136. The number of aromatic nitrogens is 3. The molecule has 0 fully saturated rings. The summed E-state index contributed by atoms with van der Waals surface area (Å²) < 4.78 is 1.93. The van der Waals surface area contributed by atoms with Gasteiger partial charge in [0.25, 0.3) is 5.91 Å². The van der Waals surface area contributed by atoms with Gasteiger partial charge < -0.3 is 14.8 Å². The highest BCUT2D eigenvalue weighted by Crippen LogP contribution is 2.23. The molecule has 0 aliphatic rings. The molecule has 0 bridgehead atoms. The van der Waals surface area contributed by atoms with E-state index >= 15 is 0 Å². The second kappa shape index (κ2) is 10.4. The van der Waals surface area contributed by atoms with E-state index in [0.717, 1.165) is 23.9 Å². The number of hydrogen-bond acceptors (Lipinski definition) is 4. The van der Waals surface area contributed by atoms with Gasteiger partial charge in [0, 0.05) is 24.5 Å². The first-order valence-electron chi connectivity index (χ1n) is 11.3. The van der Waals surface area contributed by atoms with Gasteiger partial charge in [0.15, 0.2) is 0 Å². The maximum atomic E-state index is 13.5. The van der Waals surface area contributed by atoms with Crippen LogP contribution < -0.4 is 5.32 Å². The van der Waals surface area contributed by atoms with Gasteiger partial charge in [-0.25, -0.2) is 4.98 Å². The fourth-order valence-corrected chi connectivity index (χ4v) is 3.97. The first-order chi connectivity index (χ1) is 15.4. The van der Waals surface area contributed by atoms with E-state index in [1.165, 1.54) is 6.20 Å². The number of carbonyl (C=O) groups is 2. The molecule has 1 N–H and O–H groups in total. The Bertz CT molecular complexity index is 1050. The molecule has 170 valence electrons. The summed E-state index contributed by atoms with van der Waals surface area (Å²) in [4.78, 5) is 36.9. The Morgan fingerprint density at radius 3 is 2.34 bits per heavy atom. The summed E-state index contributed by atoms with van der Waals surface area (Å²) in [6, 6.07) is 11.1. The Morgan fingerprint density at radius 2 is 1.72 bits per heavy atom. The van der Waals surface area contributed by atoms with Gasteiger partial charge in [-0.1, -0.05) is 26.0 Å². The van der Waals surface area contributed by atoms with E-state index in [4.69, 9.17) is 4.98 Å². The van der Waals surface area contributed by atoms with Crippen molar-refractivity contribution in [2.75, 3.05) is 0 Å². The maximum Gasteiger partial charge on any atom is 0.253 e. The highest BCUT2D eigenvalue weighted by atomic mass is 16.2. The van der Waals surface area contributed by atoms with Crippen LogP contribution in [-0.2, 0) is 11.3 Å². The standard InChI is InChI=1S/C25H33N5O2/c1-6-17(3)30(18(4)7-2)23(31)16-29-22-13-9-8-12-21(22)28-24(29)19(5)27-25(32)20-11-10-14-26-15-20/h8-15,17-19H,6-7,16H2,1-5H3,(H,27,32). The van der Waals surface area contributed by atoms with Crippen molar-refractivity contribution in [1.29, 1.82) is 0 Å². The first-order valence-corrected chi connectivity index (χ1v) is 11.3. The summed E-state index contributed by atoms with van der Waals surface area (Å²) in [6.45, 7) is 10.4. The number of hydrogen-bond donors (Lipinski definition) is 1. The van der Waals surface area contributed by atoms with Crippen molar-refractivity contribution in [1.82, 2.24) is 24.8 Å². The van der Waals surface area contributed by atoms with Crippen molar-refractivity contribution in [3.8, 4) is 0 Å². The molecule has 3 rings (SSSR count). The zero-order valence-electron chi connectivity index (χ0n) is 19.6. The summed E-state index contributed by atoms with van der Waals surface area (Å²) in [5.74, 6) is 0.491. The van der Waals surface area contributed by atoms with Crippen LogP contribution in [0.15, 0.2) is 48.8 Å². The minimum atomic E-state index is -0.386. The third-order valence-corrected chi connectivity index (χ3v) is 6.06. The minimum Gasteiger partial charge on any atom is -0.342 e. The molecule has 0 spiro atoms. The third-order valence-electron chi connectivity index (χ3n) is 6.06. The summed E-state index contributed by atoms with van der Waals surface area (Å²) in [7, 11) is 0. The van der Waals surface area contributed by atoms with Gasteiger partial charge in [0.1, 0.15) is 12.4 Å². The van der Waals surface area contributed by atoms with Gasteiger partial charge in [-0.05, 0) is 57.9 Å². The Hall–Kier alpha value is -3.22. The monoisotopic (exact) mass is 435 g/mol. The highest BCUT2D eigenvalue weighted by molar-refractivity contribution is 5.94. The van der Waals surface area contributed by atoms with Crippen molar-refractivity contribution in [2.45, 2.75) is 72.1 Å². The Balaban J connectivity index is 1.93. The Kier molecular flexibility index (Phi) is 7.62. The van der Waals surface area contributed by atoms with Crippen LogP contribution in [-0.4, -0.2) is 43.3 Å². The molecule has 3 aromatic rings. The molecule has 0 saturated carbocycles. The second-order valence-electron chi connectivity index (χ2n) is 8.30. The number of carbonyl (C=O) groups excluding carboxylic acids is 2. The molecular formula is C25H33N5O2. The molecule has 7 heteroatoms. The van der Waals surface area contributed by atoms with Gasteiger partial charge in [-0.3, -0.25) is 14.6 Å². The normalized spacial score (nSPS) is 14.0. The number of nitrogens with one attached hydrogen (secondary N) is 1. The molecular weight excluding hydrogens is 402 g/mol. The first kappa shape index (κ1) is 23.4. The van der Waals surface area contributed by atoms with Crippen LogP contribution in [0.4, 0.5) is 0 Å². The summed E-state index contributed by atoms with van der Waals surface area (Å²) in [5.41, 5.74) is 2.17. The van der Waals surface area contributed by atoms with Crippen LogP contribution in [0.3, 0.4) is 0 Å². The number of rotatable bonds is 9. The summed E-state index contributed by atoms with van der Waals surface area (Å²) in [6.07, 6.45) is 4.95. The number of benzene rings is 1. The Labute approximate surface area is 189 Å². The third kappa shape index (κ3) is 4.98. The topological polar surface area (TPSA) is 80.1 Å². The molecule has 0 aliphatic carbocycles. The number of nitrogens with zero attached hydrogens (tertiary/aromatic N) is 4. The van der Waals surface area contributed by atoms with E-state index in [-0.39, 0.29) is 36.5 Å². The van der Waals surface area contributed by atoms with Crippen molar-refractivity contribution < 1.29 is 9.59 Å². The lowest BCUT2D eigenvalue weighted by Crippen LogP contribution is -2.46. The molecule has 0 radical (unpaired) electrons. The van der Waals surface area contributed by atoms with E-state index in [2.05, 4.69) is 38.0 Å². The fourth-order valence-electron chi connectivity index (χ4n) is 3.97. The number of pyridine rings is 1. The van der Waals surface area contributed by atoms with Gasteiger partial charge in [-0.15, -0.1) is 0 Å². The van der Waals surface area contributed by atoms with Crippen LogP contribution in [0, 0.1) is 0 Å². The largest absolute Gasteiger partial charge is 0.342 e. The van der Waals surface area contributed by atoms with E-state index in [1.54, 1.807) is 18.3 Å². The Morgan fingerprint density at radius 1 is 1.03 bits per heavy atom. The predicted octanol–water partition coefficient (Wildman–Crippen LogP) is 4.35. The molecule has 0 saturated heterocycles. The average molecular weight is 436 g/mol. The molecule has 0 aliphatic heterocycles. The van der Waals surface area contributed by atoms with Gasteiger partial charge >= 0.3 is 0 Å². The molecule has 1 aromatic carbocycles. The number of amides is 2. The van der Waals surface area contributed by atoms with Crippen LogP contribution in [0.2, 0.25) is 0 Å². The lowest BCUT2D eigenvalue weighted by Gasteiger charge is -2.34. The molecule has 2 aromatic heterocycles. The van der Waals surface area contributed by atoms with Crippen LogP contribution in [0.1, 0.15) is 69.7 Å². The van der Waals surface area contributed by atoms with E-state index in [0.29, 0.717) is 11.4 Å².